The van der Waals surface area contributed by atoms with Crippen LogP contribution in [0.5, 0.6) is 11.5 Å². The molecule has 0 radical (unpaired) electrons. The van der Waals surface area contributed by atoms with Gasteiger partial charge in [0.05, 0.1) is 6.61 Å². The number of phenols is 2. The lowest BCUT2D eigenvalue weighted by molar-refractivity contribution is 0.143. The standard InChI is InChI=1S/C12H19NO7S/c1-12(2,7-14)13-6-11(20-21(17,18)19)8-3-9(15)5-10(16)4-8/h3-5,11,13-16H,6-7H2,1-2H3,(H,17,18,19). The second-order valence-corrected chi connectivity index (χ2v) is 6.27. The number of hydrogen-bond donors (Lipinski definition) is 5. The van der Waals surface area contributed by atoms with Gasteiger partial charge in [-0.1, -0.05) is 0 Å². The summed E-state index contributed by atoms with van der Waals surface area (Å²) in [6.07, 6.45) is -1.19. The van der Waals surface area contributed by atoms with Gasteiger partial charge in [-0.3, -0.25) is 4.55 Å². The third kappa shape index (κ3) is 6.27. The first kappa shape index (κ1) is 17.7. The Kier molecular flexibility index (Phi) is 5.54. The zero-order chi connectivity index (χ0) is 16.3. The van der Waals surface area contributed by atoms with Gasteiger partial charge in [0, 0.05) is 18.2 Å². The van der Waals surface area contributed by atoms with E-state index in [2.05, 4.69) is 9.50 Å². The fourth-order valence-electron chi connectivity index (χ4n) is 1.58. The first-order chi connectivity index (χ1) is 9.52. The summed E-state index contributed by atoms with van der Waals surface area (Å²) >= 11 is 0. The molecule has 0 bridgehead atoms. The summed E-state index contributed by atoms with van der Waals surface area (Å²) in [4.78, 5) is 0. The summed E-state index contributed by atoms with van der Waals surface area (Å²) in [5.74, 6) is -0.564. The van der Waals surface area contributed by atoms with Gasteiger partial charge in [-0.25, -0.2) is 4.18 Å². The third-order valence-corrected chi connectivity index (χ3v) is 3.17. The van der Waals surface area contributed by atoms with E-state index in [-0.39, 0.29) is 30.2 Å². The molecule has 0 saturated heterocycles. The average molecular weight is 321 g/mol. The van der Waals surface area contributed by atoms with Crippen LogP contribution in [0.25, 0.3) is 0 Å². The molecule has 0 fully saturated rings. The van der Waals surface area contributed by atoms with Gasteiger partial charge in [0.2, 0.25) is 0 Å². The number of aliphatic hydroxyl groups excluding tert-OH is 1. The van der Waals surface area contributed by atoms with E-state index in [1.165, 1.54) is 12.1 Å². The molecule has 1 atom stereocenters. The van der Waals surface area contributed by atoms with Crippen LogP contribution in [0.1, 0.15) is 25.5 Å². The zero-order valence-corrected chi connectivity index (χ0v) is 12.5. The van der Waals surface area contributed by atoms with Gasteiger partial charge >= 0.3 is 10.4 Å². The molecule has 8 nitrogen and oxygen atoms in total. The Balaban J connectivity index is 3.02. The van der Waals surface area contributed by atoms with E-state index in [9.17, 15) is 18.6 Å². The van der Waals surface area contributed by atoms with Crippen molar-refractivity contribution < 1.29 is 32.5 Å². The molecule has 9 heteroatoms. The van der Waals surface area contributed by atoms with Crippen molar-refractivity contribution in [3.8, 4) is 11.5 Å². The monoisotopic (exact) mass is 321 g/mol. The highest BCUT2D eigenvalue weighted by Crippen LogP contribution is 2.27. The summed E-state index contributed by atoms with van der Waals surface area (Å²) in [5.41, 5.74) is -0.564. The molecule has 0 aliphatic heterocycles. The molecule has 0 aromatic heterocycles. The highest BCUT2D eigenvalue weighted by atomic mass is 32.3. The largest absolute Gasteiger partial charge is 0.508 e. The van der Waals surface area contributed by atoms with E-state index in [4.69, 9.17) is 9.66 Å². The minimum Gasteiger partial charge on any atom is -0.508 e. The molecule has 0 heterocycles. The smallest absolute Gasteiger partial charge is 0.397 e. The quantitative estimate of drug-likeness (QED) is 0.453. The first-order valence-corrected chi connectivity index (χ1v) is 7.43. The summed E-state index contributed by atoms with van der Waals surface area (Å²) in [6.45, 7) is 3.06. The molecule has 21 heavy (non-hydrogen) atoms. The van der Waals surface area contributed by atoms with E-state index in [0.29, 0.717) is 0 Å². The van der Waals surface area contributed by atoms with Crippen molar-refractivity contribution in [2.24, 2.45) is 0 Å². The summed E-state index contributed by atoms with van der Waals surface area (Å²) in [7, 11) is -4.74. The third-order valence-electron chi connectivity index (χ3n) is 2.70. The molecule has 0 spiro atoms. The summed E-state index contributed by atoms with van der Waals surface area (Å²) < 4.78 is 35.2. The van der Waals surface area contributed by atoms with Gasteiger partial charge in [-0.2, -0.15) is 8.42 Å². The van der Waals surface area contributed by atoms with Crippen LogP contribution in [0.15, 0.2) is 18.2 Å². The SMILES string of the molecule is CC(C)(CO)NCC(OS(=O)(=O)O)c1cc(O)cc(O)c1. The topological polar surface area (TPSA) is 136 Å². The van der Waals surface area contributed by atoms with Crippen LogP contribution in [0, 0.1) is 0 Å². The van der Waals surface area contributed by atoms with Crippen LogP contribution < -0.4 is 5.32 Å². The van der Waals surface area contributed by atoms with E-state index in [1.807, 2.05) is 0 Å². The Morgan fingerprint density at radius 3 is 2.19 bits per heavy atom. The van der Waals surface area contributed by atoms with Crippen LogP contribution in [-0.4, -0.2) is 47.0 Å². The number of hydrogen-bond acceptors (Lipinski definition) is 7. The Morgan fingerprint density at radius 2 is 1.76 bits per heavy atom. The molecular formula is C12H19NO7S. The Morgan fingerprint density at radius 1 is 1.24 bits per heavy atom. The highest BCUT2D eigenvalue weighted by Gasteiger charge is 2.24. The van der Waals surface area contributed by atoms with Gasteiger partial charge in [-0.05, 0) is 31.5 Å². The maximum absolute atomic E-state index is 10.9. The lowest BCUT2D eigenvalue weighted by atomic mass is 10.0. The lowest BCUT2D eigenvalue weighted by Gasteiger charge is -2.26. The fraction of sp³-hybridized carbons (Fsp3) is 0.500. The molecule has 1 aromatic rings. The van der Waals surface area contributed by atoms with Crippen LogP contribution >= 0.6 is 0 Å². The molecule has 0 saturated carbocycles. The van der Waals surface area contributed by atoms with Crippen molar-refractivity contribution in [1.82, 2.24) is 5.32 Å². The zero-order valence-electron chi connectivity index (χ0n) is 11.6. The number of nitrogens with one attached hydrogen (secondary N) is 1. The predicted octanol–water partition coefficient (Wildman–Crippen LogP) is 0.319. The first-order valence-electron chi connectivity index (χ1n) is 6.07. The Labute approximate surface area is 123 Å². The van der Waals surface area contributed by atoms with Crippen molar-refractivity contribution in [3.05, 3.63) is 23.8 Å². The molecule has 1 rings (SSSR count). The highest BCUT2D eigenvalue weighted by molar-refractivity contribution is 7.80. The molecule has 1 unspecified atom stereocenters. The molecule has 0 amide bonds. The van der Waals surface area contributed by atoms with Crippen molar-refractivity contribution in [1.29, 1.82) is 0 Å². The fourth-order valence-corrected chi connectivity index (χ4v) is 2.06. The number of aromatic hydroxyl groups is 2. The van der Waals surface area contributed by atoms with Crippen LogP contribution in [0.4, 0.5) is 0 Å². The molecular weight excluding hydrogens is 302 g/mol. The van der Waals surface area contributed by atoms with Crippen molar-refractivity contribution >= 4 is 10.4 Å². The van der Waals surface area contributed by atoms with Gasteiger partial charge in [0.1, 0.15) is 17.6 Å². The predicted molar refractivity (Wildman–Crippen MR) is 74.3 cm³/mol. The molecule has 1 aromatic carbocycles. The maximum atomic E-state index is 10.9. The van der Waals surface area contributed by atoms with Gasteiger partial charge in [0.25, 0.3) is 0 Å². The van der Waals surface area contributed by atoms with Crippen molar-refractivity contribution in [3.63, 3.8) is 0 Å². The number of rotatable bonds is 7. The second kappa shape index (κ2) is 6.58. The Bertz CT molecular complexity index is 565. The van der Waals surface area contributed by atoms with E-state index < -0.39 is 22.0 Å². The minimum atomic E-state index is -4.74. The van der Waals surface area contributed by atoms with Gasteiger partial charge in [-0.15, -0.1) is 0 Å². The summed E-state index contributed by atoms with van der Waals surface area (Å²) in [5, 5.41) is 30.9. The second-order valence-electron chi connectivity index (χ2n) is 5.22. The number of phenolic OH excluding ortho intramolecular Hbond substituents is 2. The van der Waals surface area contributed by atoms with E-state index >= 15 is 0 Å². The van der Waals surface area contributed by atoms with E-state index in [1.54, 1.807) is 13.8 Å². The van der Waals surface area contributed by atoms with Crippen LogP contribution in [0.2, 0.25) is 0 Å². The van der Waals surface area contributed by atoms with Crippen molar-refractivity contribution in [2.75, 3.05) is 13.2 Å². The van der Waals surface area contributed by atoms with Gasteiger partial charge in [0.15, 0.2) is 0 Å². The van der Waals surface area contributed by atoms with Crippen LogP contribution in [-0.2, 0) is 14.6 Å². The maximum Gasteiger partial charge on any atom is 0.397 e. The summed E-state index contributed by atoms with van der Waals surface area (Å²) in [6, 6.07) is 3.46. The Hall–Kier alpha value is -1.39. The van der Waals surface area contributed by atoms with Crippen molar-refractivity contribution in [2.45, 2.75) is 25.5 Å². The molecule has 0 aliphatic rings. The number of aliphatic hydroxyl groups is 1. The average Bonchev–Trinajstić information content (AvgIpc) is 2.32. The molecule has 120 valence electrons. The minimum absolute atomic E-state index is 0.0871. The van der Waals surface area contributed by atoms with Gasteiger partial charge < -0.3 is 20.6 Å². The molecule has 5 N–H and O–H groups in total. The number of benzene rings is 1. The van der Waals surface area contributed by atoms with Crippen LogP contribution in [0.3, 0.4) is 0 Å². The van der Waals surface area contributed by atoms with E-state index in [0.717, 1.165) is 6.07 Å². The lowest BCUT2D eigenvalue weighted by Crippen LogP contribution is -2.45. The molecule has 0 aliphatic carbocycles. The normalized spacial score (nSPS) is 14.1.